The van der Waals surface area contributed by atoms with Crippen LogP contribution in [-0.4, -0.2) is 24.0 Å². The molecule has 2 aliphatic rings. The first kappa shape index (κ1) is 8.55. The van der Waals surface area contributed by atoms with E-state index < -0.39 is 0 Å². The van der Waals surface area contributed by atoms with E-state index >= 15 is 0 Å². The Balaban J connectivity index is 1.95. The largest absolute Gasteiger partial charge is 0.301 e. The molecule has 0 amide bonds. The molecule has 1 aliphatic carbocycles. The van der Waals surface area contributed by atoms with E-state index in [1.165, 1.54) is 25.9 Å². The summed E-state index contributed by atoms with van der Waals surface area (Å²) in [5, 5.41) is 0. The molecule has 0 aromatic rings. The van der Waals surface area contributed by atoms with E-state index in [1.807, 2.05) is 0 Å². The summed E-state index contributed by atoms with van der Waals surface area (Å²) in [4.78, 5) is 2.64. The van der Waals surface area contributed by atoms with Crippen molar-refractivity contribution in [2.24, 2.45) is 17.8 Å². The minimum atomic E-state index is 0.843. The SMILES string of the molecule is CCN1CCC2C(C)C2CC1C. The van der Waals surface area contributed by atoms with Gasteiger partial charge >= 0.3 is 0 Å². The molecule has 1 heteroatoms. The third-order valence-corrected chi connectivity index (χ3v) is 4.15. The van der Waals surface area contributed by atoms with Gasteiger partial charge in [-0.1, -0.05) is 13.8 Å². The number of fused-ring (bicyclic) bond motifs is 1. The zero-order chi connectivity index (χ0) is 8.72. The van der Waals surface area contributed by atoms with E-state index in [9.17, 15) is 0 Å². The molecule has 1 saturated heterocycles. The van der Waals surface area contributed by atoms with Crippen LogP contribution in [0.25, 0.3) is 0 Å². The van der Waals surface area contributed by atoms with Crippen LogP contribution in [0.4, 0.5) is 0 Å². The molecule has 2 fully saturated rings. The maximum Gasteiger partial charge on any atom is 0.00696 e. The highest BCUT2D eigenvalue weighted by Crippen LogP contribution is 2.52. The highest BCUT2D eigenvalue weighted by Gasteiger charge is 2.48. The molecule has 70 valence electrons. The van der Waals surface area contributed by atoms with E-state index in [2.05, 4.69) is 25.7 Å². The summed E-state index contributed by atoms with van der Waals surface area (Å²) in [5.41, 5.74) is 0. The van der Waals surface area contributed by atoms with Crippen LogP contribution < -0.4 is 0 Å². The van der Waals surface area contributed by atoms with Gasteiger partial charge in [-0.15, -0.1) is 0 Å². The molecule has 0 bridgehead atoms. The predicted octanol–water partition coefficient (Wildman–Crippen LogP) is 2.37. The lowest BCUT2D eigenvalue weighted by Crippen LogP contribution is -2.33. The molecule has 1 saturated carbocycles. The Hall–Kier alpha value is -0.0400. The lowest BCUT2D eigenvalue weighted by molar-refractivity contribution is 0.211. The number of hydrogen-bond donors (Lipinski definition) is 0. The van der Waals surface area contributed by atoms with Crippen molar-refractivity contribution in [3.05, 3.63) is 0 Å². The molecule has 1 heterocycles. The summed E-state index contributed by atoms with van der Waals surface area (Å²) in [6.07, 6.45) is 2.92. The second-order valence-electron chi connectivity index (χ2n) is 4.69. The predicted molar refractivity (Wildman–Crippen MR) is 52.1 cm³/mol. The van der Waals surface area contributed by atoms with Crippen LogP contribution in [0.2, 0.25) is 0 Å². The Kier molecular flexibility index (Phi) is 2.16. The highest BCUT2D eigenvalue weighted by atomic mass is 15.1. The molecule has 0 aromatic carbocycles. The van der Waals surface area contributed by atoms with Crippen LogP contribution in [0.5, 0.6) is 0 Å². The monoisotopic (exact) mass is 167 g/mol. The molecule has 4 unspecified atom stereocenters. The van der Waals surface area contributed by atoms with Gasteiger partial charge in [0.15, 0.2) is 0 Å². The Morgan fingerprint density at radius 1 is 1.25 bits per heavy atom. The summed E-state index contributed by atoms with van der Waals surface area (Å²) < 4.78 is 0. The van der Waals surface area contributed by atoms with Crippen molar-refractivity contribution in [3.63, 3.8) is 0 Å². The quantitative estimate of drug-likeness (QED) is 0.579. The van der Waals surface area contributed by atoms with Gasteiger partial charge in [0.25, 0.3) is 0 Å². The Morgan fingerprint density at radius 3 is 2.67 bits per heavy atom. The summed E-state index contributed by atoms with van der Waals surface area (Å²) in [5.74, 6) is 3.21. The maximum absolute atomic E-state index is 2.64. The zero-order valence-electron chi connectivity index (χ0n) is 8.59. The van der Waals surface area contributed by atoms with Crippen LogP contribution in [0.3, 0.4) is 0 Å². The molecule has 1 aliphatic heterocycles. The molecular formula is C11H21N. The van der Waals surface area contributed by atoms with E-state index in [0.717, 1.165) is 23.8 Å². The van der Waals surface area contributed by atoms with Gasteiger partial charge in [0, 0.05) is 6.04 Å². The van der Waals surface area contributed by atoms with E-state index in [0.29, 0.717) is 0 Å². The minimum absolute atomic E-state index is 0.843. The van der Waals surface area contributed by atoms with Crippen molar-refractivity contribution >= 4 is 0 Å². The fraction of sp³-hybridized carbons (Fsp3) is 1.00. The highest BCUT2D eigenvalue weighted by molar-refractivity contribution is 4.98. The first-order chi connectivity index (χ1) is 5.74. The van der Waals surface area contributed by atoms with Gasteiger partial charge in [-0.25, -0.2) is 0 Å². The van der Waals surface area contributed by atoms with Crippen LogP contribution in [0, 0.1) is 17.8 Å². The average Bonchev–Trinajstić information content (AvgIpc) is 2.68. The fourth-order valence-corrected chi connectivity index (χ4v) is 3.05. The summed E-state index contributed by atoms with van der Waals surface area (Å²) >= 11 is 0. The van der Waals surface area contributed by atoms with Gasteiger partial charge in [0.2, 0.25) is 0 Å². The van der Waals surface area contributed by atoms with Crippen LogP contribution in [0.1, 0.15) is 33.6 Å². The van der Waals surface area contributed by atoms with Crippen LogP contribution in [-0.2, 0) is 0 Å². The van der Waals surface area contributed by atoms with Crippen molar-refractivity contribution in [1.82, 2.24) is 4.90 Å². The maximum atomic E-state index is 2.64. The molecule has 0 aromatic heterocycles. The van der Waals surface area contributed by atoms with Crippen LogP contribution in [0.15, 0.2) is 0 Å². The van der Waals surface area contributed by atoms with E-state index in [4.69, 9.17) is 0 Å². The third-order valence-electron chi connectivity index (χ3n) is 4.15. The molecule has 0 radical (unpaired) electrons. The summed E-state index contributed by atoms with van der Waals surface area (Å²) in [6, 6.07) is 0.843. The number of hydrogen-bond acceptors (Lipinski definition) is 1. The van der Waals surface area contributed by atoms with Crippen LogP contribution >= 0.6 is 0 Å². The van der Waals surface area contributed by atoms with Crippen molar-refractivity contribution in [1.29, 1.82) is 0 Å². The second-order valence-corrected chi connectivity index (χ2v) is 4.69. The normalized spacial score (nSPS) is 48.2. The molecule has 2 rings (SSSR count). The number of nitrogens with zero attached hydrogens (tertiary/aromatic N) is 1. The fourth-order valence-electron chi connectivity index (χ4n) is 3.05. The Bertz CT molecular complexity index is 166. The lowest BCUT2D eigenvalue weighted by atomic mass is 10.1. The van der Waals surface area contributed by atoms with Gasteiger partial charge < -0.3 is 4.90 Å². The molecule has 0 spiro atoms. The average molecular weight is 167 g/mol. The molecule has 4 atom stereocenters. The van der Waals surface area contributed by atoms with Crippen molar-refractivity contribution in [2.75, 3.05) is 13.1 Å². The second kappa shape index (κ2) is 3.02. The smallest absolute Gasteiger partial charge is 0.00696 e. The first-order valence-electron chi connectivity index (χ1n) is 5.48. The van der Waals surface area contributed by atoms with Crippen molar-refractivity contribution in [2.45, 2.75) is 39.7 Å². The van der Waals surface area contributed by atoms with Crippen molar-refractivity contribution < 1.29 is 0 Å². The molecule has 0 N–H and O–H groups in total. The standard InChI is InChI=1S/C11H21N/c1-4-12-6-5-10-9(3)11(10)7-8(12)2/h8-11H,4-7H2,1-3H3. The zero-order valence-corrected chi connectivity index (χ0v) is 8.59. The van der Waals surface area contributed by atoms with Gasteiger partial charge in [0.1, 0.15) is 0 Å². The van der Waals surface area contributed by atoms with E-state index in [-0.39, 0.29) is 0 Å². The van der Waals surface area contributed by atoms with Gasteiger partial charge in [-0.05, 0) is 50.6 Å². The summed E-state index contributed by atoms with van der Waals surface area (Å²) in [6.45, 7) is 9.72. The molecule has 12 heavy (non-hydrogen) atoms. The van der Waals surface area contributed by atoms with Gasteiger partial charge in [-0.2, -0.15) is 0 Å². The topological polar surface area (TPSA) is 3.24 Å². The first-order valence-corrected chi connectivity index (χ1v) is 5.48. The van der Waals surface area contributed by atoms with Gasteiger partial charge in [0.05, 0.1) is 0 Å². The molecular weight excluding hydrogens is 146 g/mol. The molecule has 1 nitrogen and oxygen atoms in total. The number of rotatable bonds is 1. The Morgan fingerprint density at radius 2 is 2.00 bits per heavy atom. The lowest BCUT2D eigenvalue weighted by Gasteiger charge is -2.26. The van der Waals surface area contributed by atoms with E-state index in [1.54, 1.807) is 0 Å². The summed E-state index contributed by atoms with van der Waals surface area (Å²) in [7, 11) is 0. The van der Waals surface area contributed by atoms with Crippen molar-refractivity contribution in [3.8, 4) is 0 Å². The van der Waals surface area contributed by atoms with Gasteiger partial charge in [-0.3, -0.25) is 0 Å². The third kappa shape index (κ3) is 1.28. The number of likely N-dealkylation sites (tertiary alicyclic amines) is 1. The minimum Gasteiger partial charge on any atom is -0.301 e. The Labute approximate surface area is 76.1 Å².